The van der Waals surface area contributed by atoms with Crippen LogP contribution >= 0.6 is 0 Å². The Morgan fingerprint density at radius 3 is 2.13 bits per heavy atom. The largest absolute Gasteiger partial charge is 0.490 e. The summed E-state index contributed by atoms with van der Waals surface area (Å²) in [6.07, 6.45) is 8.62. The quantitative estimate of drug-likeness (QED) is 0.185. The van der Waals surface area contributed by atoms with Crippen molar-refractivity contribution in [2.45, 2.75) is 52.2 Å². The molecule has 38 heavy (non-hydrogen) atoms. The summed E-state index contributed by atoms with van der Waals surface area (Å²) in [6.45, 7) is 5.48. The number of ether oxygens (including phenoxy) is 3. The summed E-state index contributed by atoms with van der Waals surface area (Å²) in [6, 6.07) is 14.6. The lowest BCUT2D eigenvalue weighted by Gasteiger charge is -2.28. The molecule has 0 aromatic heterocycles. The standard InChI is InChI=1S/C32H35F3O3/c1-3-5-6-7-8-18-36-29-17-16-27(30(34)31(29)35)24-12-10-23(11-13-24)26-15-14-25(19-28(26)33)32-37-20-22(9-4-2)21-38-32/h4,9-17,19,22,32H,3,5-8,18,20-21H2,1-2H3/b9-4+. The molecule has 1 aliphatic rings. The third-order valence-electron chi connectivity index (χ3n) is 6.71. The molecule has 0 spiro atoms. The van der Waals surface area contributed by atoms with E-state index >= 15 is 4.39 Å². The topological polar surface area (TPSA) is 27.7 Å². The van der Waals surface area contributed by atoms with E-state index in [0.717, 1.165) is 32.1 Å². The molecule has 0 saturated carbocycles. The van der Waals surface area contributed by atoms with Gasteiger partial charge < -0.3 is 14.2 Å². The number of hydrogen-bond donors (Lipinski definition) is 0. The summed E-state index contributed by atoms with van der Waals surface area (Å²) in [5.74, 6) is -2.25. The van der Waals surface area contributed by atoms with Crippen molar-refractivity contribution in [1.82, 2.24) is 0 Å². The van der Waals surface area contributed by atoms with Crippen LogP contribution in [-0.2, 0) is 9.47 Å². The highest BCUT2D eigenvalue weighted by Gasteiger charge is 2.23. The maximum absolute atomic E-state index is 15.0. The zero-order chi connectivity index (χ0) is 26.9. The number of benzene rings is 3. The minimum Gasteiger partial charge on any atom is -0.490 e. The van der Waals surface area contributed by atoms with E-state index in [9.17, 15) is 8.78 Å². The number of unbranched alkanes of at least 4 members (excludes halogenated alkanes) is 4. The molecule has 1 saturated heterocycles. The molecule has 1 fully saturated rings. The summed E-state index contributed by atoms with van der Waals surface area (Å²) < 4.78 is 61.5. The molecule has 1 heterocycles. The zero-order valence-corrected chi connectivity index (χ0v) is 22.0. The zero-order valence-electron chi connectivity index (χ0n) is 22.0. The van der Waals surface area contributed by atoms with Crippen molar-refractivity contribution in [2.24, 2.45) is 5.92 Å². The van der Waals surface area contributed by atoms with Gasteiger partial charge in [-0.25, -0.2) is 8.78 Å². The maximum atomic E-state index is 15.0. The maximum Gasteiger partial charge on any atom is 0.201 e. The highest BCUT2D eigenvalue weighted by atomic mass is 19.2. The molecule has 0 unspecified atom stereocenters. The van der Waals surface area contributed by atoms with Crippen LogP contribution in [0.1, 0.15) is 57.8 Å². The lowest BCUT2D eigenvalue weighted by molar-refractivity contribution is -0.197. The number of halogens is 3. The molecule has 4 rings (SSSR count). The molecule has 0 atom stereocenters. The van der Waals surface area contributed by atoms with E-state index < -0.39 is 23.7 Å². The van der Waals surface area contributed by atoms with E-state index in [-0.39, 0.29) is 17.2 Å². The molecule has 3 aromatic rings. The first kappa shape index (κ1) is 27.9. The first-order chi connectivity index (χ1) is 18.5. The van der Waals surface area contributed by atoms with Gasteiger partial charge in [0, 0.05) is 22.6 Å². The first-order valence-corrected chi connectivity index (χ1v) is 13.4. The average molecular weight is 525 g/mol. The fourth-order valence-electron chi connectivity index (χ4n) is 4.59. The van der Waals surface area contributed by atoms with E-state index in [0.29, 0.717) is 42.1 Å². The molecule has 0 bridgehead atoms. The Labute approximate surface area is 223 Å². The van der Waals surface area contributed by atoms with Crippen molar-refractivity contribution in [1.29, 1.82) is 0 Å². The van der Waals surface area contributed by atoms with Gasteiger partial charge in [-0.1, -0.05) is 81.2 Å². The van der Waals surface area contributed by atoms with Crippen LogP contribution < -0.4 is 4.74 Å². The highest BCUT2D eigenvalue weighted by molar-refractivity contribution is 5.71. The predicted molar refractivity (Wildman–Crippen MR) is 144 cm³/mol. The smallest absolute Gasteiger partial charge is 0.201 e. The second-order valence-electron chi connectivity index (χ2n) is 9.60. The minimum absolute atomic E-state index is 0.0798. The molecule has 6 heteroatoms. The summed E-state index contributed by atoms with van der Waals surface area (Å²) in [4.78, 5) is 0. The predicted octanol–water partition coefficient (Wildman–Crippen LogP) is 9.02. The normalized spacial score (nSPS) is 17.7. The van der Waals surface area contributed by atoms with Gasteiger partial charge in [0.2, 0.25) is 5.82 Å². The Balaban J connectivity index is 1.41. The van der Waals surface area contributed by atoms with Gasteiger partial charge in [-0.3, -0.25) is 0 Å². The number of hydrogen-bond acceptors (Lipinski definition) is 3. The van der Waals surface area contributed by atoms with Gasteiger partial charge in [0.15, 0.2) is 17.9 Å². The molecular weight excluding hydrogens is 489 g/mol. The van der Waals surface area contributed by atoms with Gasteiger partial charge >= 0.3 is 0 Å². The third kappa shape index (κ3) is 6.86. The Morgan fingerprint density at radius 2 is 1.47 bits per heavy atom. The van der Waals surface area contributed by atoms with Gasteiger partial charge in [-0.15, -0.1) is 0 Å². The van der Waals surface area contributed by atoms with Crippen molar-refractivity contribution < 1.29 is 27.4 Å². The number of rotatable bonds is 11. The van der Waals surface area contributed by atoms with Crippen LogP contribution in [-0.4, -0.2) is 19.8 Å². The van der Waals surface area contributed by atoms with Crippen LogP contribution in [0.3, 0.4) is 0 Å². The van der Waals surface area contributed by atoms with Crippen LogP contribution in [0.4, 0.5) is 13.2 Å². The van der Waals surface area contributed by atoms with Gasteiger partial charge in [-0.05, 0) is 42.7 Å². The molecule has 202 valence electrons. The van der Waals surface area contributed by atoms with Gasteiger partial charge in [-0.2, -0.15) is 4.39 Å². The lowest BCUT2D eigenvalue weighted by Crippen LogP contribution is -2.25. The molecular formula is C32H35F3O3. The van der Waals surface area contributed by atoms with Gasteiger partial charge in [0.25, 0.3) is 0 Å². The van der Waals surface area contributed by atoms with Crippen molar-refractivity contribution in [3.8, 4) is 28.0 Å². The SMILES string of the molecule is C/C=C/C1COC(c2ccc(-c3ccc(-c4ccc(OCCCCCCC)c(F)c4F)cc3)c(F)c2)OC1. The first-order valence-electron chi connectivity index (χ1n) is 13.4. The Bertz CT molecular complexity index is 1220. The molecule has 0 aliphatic carbocycles. The fraction of sp³-hybridized carbons (Fsp3) is 0.375. The summed E-state index contributed by atoms with van der Waals surface area (Å²) in [5.41, 5.74) is 2.26. The van der Waals surface area contributed by atoms with E-state index in [1.54, 1.807) is 36.4 Å². The Morgan fingerprint density at radius 1 is 0.816 bits per heavy atom. The Hall–Kier alpha value is -3.09. The van der Waals surface area contributed by atoms with Crippen molar-refractivity contribution in [3.05, 3.63) is 89.8 Å². The van der Waals surface area contributed by atoms with Crippen molar-refractivity contribution in [3.63, 3.8) is 0 Å². The average Bonchev–Trinajstić information content (AvgIpc) is 2.94. The molecule has 3 nitrogen and oxygen atoms in total. The van der Waals surface area contributed by atoms with Crippen molar-refractivity contribution >= 4 is 0 Å². The lowest BCUT2D eigenvalue weighted by atomic mass is 9.98. The fourth-order valence-corrected chi connectivity index (χ4v) is 4.59. The Kier molecular flexibility index (Phi) is 10.0. The molecule has 0 N–H and O–H groups in total. The minimum atomic E-state index is -0.994. The summed E-state index contributed by atoms with van der Waals surface area (Å²) in [7, 11) is 0. The van der Waals surface area contributed by atoms with Gasteiger partial charge in [0.05, 0.1) is 19.8 Å². The second-order valence-corrected chi connectivity index (χ2v) is 9.60. The molecule has 1 aliphatic heterocycles. The molecule has 3 aromatic carbocycles. The van der Waals surface area contributed by atoms with E-state index in [1.807, 2.05) is 19.1 Å². The van der Waals surface area contributed by atoms with Crippen LogP contribution in [0.15, 0.2) is 66.7 Å². The molecule has 0 radical (unpaired) electrons. The van der Waals surface area contributed by atoms with Crippen LogP contribution in [0.5, 0.6) is 5.75 Å². The molecule has 0 amide bonds. The van der Waals surface area contributed by atoms with Crippen LogP contribution in [0.25, 0.3) is 22.3 Å². The van der Waals surface area contributed by atoms with Crippen LogP contribution in [0.2, 0.25) is 0 Å². The highest BCUT2D eigenvalue weighted by Crippen LogP contribution is 2.33. The monoisotopic (exact) mass is 524 g/mol. The number of allylic oxidation sites excluding steroid dienone is 1. The third-order valence-corrected chi connectivity index (χ3v) is 6.71. The second kappa shape index (κ2) is 13.6. The summed E-state index contributed by atoms with van der Waals surface area (Å²) in [5, 5.41) is 0. The van der Waals surface area contributed by atoms with Gasteiger partial charge in [0.1, 0.15) is 5.82 Å². The van der Waals surface area contributed by atoms with E-state index in [4.69, 9.17) is 14.2 Å². The van der Waals surface area contributed by atoms with Crippen LogP contribution in [0, 0.1) is 23.4 Å². The van der Waals surface area contributed by atoms with E-state index in [1.165, 1.54) is 18.2 Å². The van der Waals surface area contributed by atoms with E-state index in [2.05, 4.69) is 6.92 Å². The van der Waals surface area contributed by atoms with Crippen molar-refractivity contribution in [2.75, 3.05) is 19.8 Å². The summed E-state index contributed by atoms with van der Waals surface area (Å²) >= 11 is 0.